The lowest BCUT2D eigenvalue weighted by Gasteiger charge is -2.27. The monoisotopic (exact) mass is 468 g/mol. The zero-order valence-corrected chi connectivity index (χ0v) is 22.4. The van der Waals surface area contributed by atoms with Gasteiger partial charge in [0.2, 0.25) is 0 Å². The van der Waals surface area contributed by atoms with Crippen LogP contribution in [0.4, 0.5) is 0 Å². The van der Waals surface area contributed by atoms with Gasteiger partial charge >= 0.3 is 0 Å². The molecule has 0 bridgehead atoms. The average molecular weight is 469 g/mol. The van der Waals surface area contributed by atoms with Gasteiger partial charge in [-0.25, -0.2) is 0 Å². The minimum Gasteiger partial charge on any atom is -0.0848 e. The van der Waals surface area contributed by atoms with Gasteiger partial charge in [0.25, 0.3) is 0 Å². The third-order valence-electron chi connectivity index (χ3n) is 8.58. The van der Waals surface area contributed by atoms with Crippen LogP contribution in [0.5, 0.6) is 0 Å². The molecule has 2 aromatic carbocycles. The van der Waals surface area contributed by atoms with E-state index in [0.29, 0.717) is 11.8 Å². The molecule has 0 heteroatoms. The molecule has 0 heterocycles. The molecule has 2 aromatic rings. The lowest BCUT2D eigenvalue weighted by molar-refractivity contribution is 0.289. The van der Waals surface area contributed by atoms with Crippen LogP contribution in [-0.2, 0) is 6.42 Å². The van der Waals surface area contributed by atoms with E-state index in [9.17, 15) is 0 Å². The second-order valence-electron chi connectivity index (χ2n) is 11.3. The van der Waals surface area contributed by atoms with Gasteiger partial charge in [0.1, 0.15) is 0 Å². The van der Waals surface area contributed by atoms with E-state index >= 15 is 0 Å². The van der Waals surface area contributed by atoms with Crippen molar-refractivity contribution in [1.82, 2.24) is 0 Å². The third kappa shape index (κ3) is 7.96. The molecule has 2 atom stereocenters. The summed E-state index contributed by atoms with van der Waals surface area (Å²) in [7, 11) is 0. The highest BCUT2D eigenvalue weighted by atomic mass is 14.3. The maximum Gasteiger partial charge on any atom is 0.00185 e. The summed E-state index contributed by atoms with van der Waals surface area (Å²) in [5.74, 6) is 3.05. The molecule has 0 amide bonds. The number of hydrogen-bond donors (Lipinski definition) is 0. The summed E-state index contributed by atoms with van der Waals surface area (Å²) < 4.78 is 0. The molecule has 35 heavy (non-hydrogen) atoms. The van der Waals surface area contributed by atoms with E-state index in [4.69, 9.17) is 0 Å². The third-order valence-corrected chi connectivity index (χ3v) is 8.58. The second-order valence-corrected chi connectivity index (χ2v) is 11.3. The molecular weight excluding hydrogens is 420 g/mol. The van der Waals surface area contributed by atoms with E-state index in [2.05, 4.69) is 86.7 Å². The Labute approximate surface area is 215 Å². The first-order valence-corrected chi connectivity index (χ1v) is 14.8. The Balaban J connectivity index is 1.24. The fraction of sp³-hybridized carbons (Fsp3) is 0.543. The zero-order chi connectivity index (χ0) is 24.3. The van der Waals surface area contributed by atoms with Crippen LogP contribution in [0.1, 0.15) is 108 Å². The Kier molecular flexibility index (Phi) is 10.3. The normalized spacial score (nSPS) is 24.7. The molecule has 0 radical (unpaired) electrons. The van der Waals surface area contributed by atoms with E-state index < -0.39 is 0 Å². The molecule has 0 nitrogen and oxygen atoms in total. The van der Waals surface area contributed by atoms with E-state index in [1.54, 1.807) is 0 Å². The summed E-state index contributed by atoms with van der Waals surface area (Å²) in [6.45, 7) is 4.57. The van der Waals surface area contributed by atoms with Gasteiger partial charge < -0.3 is 0 Å². The fourth-order valence-corrected chi connectivity index (χ4v) is 6.10. The van der Waals surface area contributed by atoms with Crippen molar-refractivity contribution in [2.45, 2.75) is 103 Å². The van der Waals surface area contributed by atoms with Crippen LogP contribution in [0.25, 0.3) is 11.1 Å². The predicted molar refractivity (Wildman–Crippen MR) is 154 cm³/mol. The highest BCUT2D eigenvalue weighted by Crippen LogP contribution is 2.35. The van der Waals surface area contributed by atoms with Crippen LogP contribution in [0, 0.1) is 17.8 Å². The number of allylic oxidation sites excluding steroid dienone is 4. The van der Waals surface area contributed by atoms with Crippen molar-refractivity contribution in [1.29, 1.82) is 0 Å². The topological polar surface area (TPSA) is 0 Å². The first-order valence-electron chi connectivity index (χ1n) is 14.8. The first kappa shape index (κ1) is 26.0. The summed E-state index contributed by atoms with van der Waals surface area (Å²) in [6, 6.07) is 18.5. The van der Waals surface area contributed by atoms with Gasteiger partial charge in [-0.3, -0.25) is 0 Å². The van der Waals surface area contributed by atoms with Crippen molar-refractivity contribution < 1.29 is 0 Å². The maximum atomic E-state index is 2.57. The quantitative estimate of drug-likeness (QED) is 0.227. The molecular formula is C35H48. The molecule has 0 aliphatic heterocycles. The Morgan fingerprint density at radius 2 is 1.34 bits per heavy atom. The molecule has 0 N–H and O–H groups in total. The Hall–Kier alpha value is -2.08. The van der Waals surface area contributed by atoms with Crippen molar-refractivity contribution >= 4 is 0 Å². The standard InChI is InChI=1S/C35H48/c1-3-5-7-9-29-10-12-30(13-11-29)14-15-31-18-22-33(23-19-31)35-26-24-34(25-27-35)32-20-16-28(17-21-32)8-6-4-2/h14-18,20-22,24-27,29-31,33H,3-13,19,23H2,1-2H3/b15-14+. The van der Waals surface area contributed by atoms with Gasteiger partial charge in [-0.1, -0.05) is 119 Å². The van der Waals surface area contributed by atoms with Crippen molar-refractivity contribution in [2.24, 2.45) is 17.8 Å². The molecule has 2 aliphatic carbocycles. The molecule has 1 saturated carbocycles. The molecule has 0 aromatic heterocycles. The lowest BCUT2D eigenvalue weighted by Crippen LogP contribution is -2.13. The van der Waals surface area contributed by atoms with E-state index in [1.807, 2.05) is 0 Å². The minimum atomic E-state index is 0.573. The SMILES string of the molecule is CCCCCC1CCC(/C=C/C2C=CC(c3ccc(-c4ccc(CCCC)cc4)cc3)CC2)CC1. The summed E-state index contributed by atoms with van der Waals surface area (Å²) in [4.78, 5) is 0. The zero-order valence-electron chi connectivity index (χ0n) is 22.4. The van der Waals surface area contributed by atoms with Gasteiger partial charge in [0.05, 0.1) is 0 Å². The first-order chi connectivity index (χ1) is 17.2. The van der Waals surface area contributed by atoms with Crippen LogP contribution in [0.3, 0.4) is 0 Å². The van der Waals surface area contributed by atoms with Gasteiger partial charge in [0, 0.05) is 5.92 Å². The summed E-state index contributed by atoms with van der Waals surface area (Å²) >= 11 is 0. The minimum absolute atomic E-state index is 0.573. The Morgan fingerprint density at radius 1 is 0.657 bits per heavy atom. The number of aryl methyl sites for hydroxylation is 1. The summed E-state index contributed by atoms with van der Waals surface area (Å²) in [5.41, 5.74) is 5.58. The highest BCUT2D eigenvalue weighted by molar-refractivity contribution is 5.64. The lowest BCUT2D eigenvalue weighted by atomic mass is 9.78. The molecule has 0 saturated heterocycles. The van der Waals surface area contributed by atoms with Gasteiger partial charge in [-0.2, -0.15) is 0 Å². The van der Waals surface area contributed by atoms with Crippen molar-refractivity contribution in [2.75, 3.05) is 0 Å². The molecule has 1 fully saturated rings. The van der Waals surface area contributed by atoms with Gasteiger partial charge in [0.15, 0.2) is 0 Å². The molecule has 188 valence electrons. The maximum absolute atomic E-state index is 2.57. The van der Waals surface area contributed by atoms with Crippen molar-refractivity contribution in [3.8, 4) is 11.1 Å². The van der Waals surface area contributed by atoms with E-state index in [-0.39, 0.29) is 0 Å². The van der Waals surface area contributed by atoms with Gasteiger partial charge in [-0.05, 0) is 91.4 Å². The largest absolute Gasteiger partial charge is 0.0848 e. The molecule has 4 rings (SSSR count). The molecule has 2 unspecified atom stereocenters. The molecule has 2 aliphatic rings. The fourth-order valence-electron chi connectivity index (χ4n) is 6.10. The van der Waals surface area contributed by atoms with Gasteiger partial charge in [-0.15, -0.1) is 0 Å². The number of rotatable bonds is 11. The number of unbranched alkanes of at least 4 members (excludes halogenated alkanes) is 3. The van der Waals surface area contributed by atoms with Crippen molar-refractivity contribution in [3.63, 3.8) is 0 Å². The predicted octanol–water partition coefficient (Wildman–Crippen LogP) is 10.7. The molecule has 0 spiro atoms. The second kappa shape index (κ2) is 13.9. The number of hydrogen-bond acceptors (Lipinski definition) is 0. The van der Waals surface area contributed by atoms with Crippen LogP contribution in [-0.4, -0.2) is 0 Å². The average Bonchev–Trinajstić information content (AvgIpc) is 2.92. The van der Waals surface area contributed by atoms with E-state index in [1.165, 1.54) is 106 Å². The summed E-state index contributed by atoms with van der Waals surface area (Å²) in [5, 5.41) is 0. The highest BCUT2D eigenvalue weighted by Gasteiger charge is 2.20. The van der Waals surface area contributed by atoms with E-state index in [0.717, 1.165) is 11.8 Å². The number of benzene rings is 2. The van der Waals surface area contributed by atoms with Crippen LogP contribution >= 0.6 is 0 Å². The van der Waals surface area contributed by atoms with Crippen LogP contribution < -0.4 is 0 Å². The summed E-state index contributed by atoms with van der Waals surface area (Å²) in [6.07, 6.45) is 27.8. The van der Waals surface area contributed by atoms with Crippen LogP contribution in [0.2, 0.25) is 0 Å². The smallest absolute Gasteiger partial charge is 0.00185 e. The Bertz CT molecular complexity index is 906. The van der Waals surface area contributed by atoms with Crippen molar-refractivity contribution in [3.05, 3.63) is 84.0 Å². The Morgan fingerprint density at radius 3 is 1.97 bits per heavy atom. The van der Waals surface area contributed by atoms with Crippen LogP contribution in [0.15, 0.2) is 72.8 Å².